The van der Waals surface area contributed by atoms with Crippen molar-refractivity contribution in [1.29, 1.82) is 0 Å². The maximum absolute atomic E-state index is 13.0. The number of Topliss-reactive ketones (excluding diaryl/α,β-unsaturated/α-hetero) is 1. The number of aromatic nitrogens is 4. The van der Waals surface area contributed by atoms with Crippen LogP contribution in [-0.4, -0.2) is 25.5 Å². The van der Waals surface area contributed by atoms with Gasteiger partial charge in [-0.1, -0.05) is 43.6 Å². The van der Waals surface area contributed by atoms with Crippen LogP contribution in [0.3, 0.4) is 0 Å². The van der Waals surface area contributed by atoms with Gasteiger partial charge in [0.25, 0.3) is 0 Å². The van der Waals surface area contributed by atoms with Crippen LogP contribution in [0, 0.1) is 5.41 Å². The number of nitrogens with zero attached hydrogens (tertiary/aromatic N) is 3. The van der Waals surface area contributed by atoms with Gasteiger partial charge in [0, 0.05) is 17.1 Å². The van der Waals surface area contributed by atoms with Gasteiger partial charge in [0.05, 0.1) is 22.3 Å². The highest BCUT2D eigenvalue weighted by atomic mass is 35.5. The number of para-hydroxylation sites is 2. The monoisotopic (exact) mass is 405 g/mol. The van der Waals surface area contributed by atoms with Crippen molar-refractivity contribution in [1.82, 2.24) is 19.7 Å². The van der Waals surface area contributed by atoms with E-state index >= 15 is 0 Å². The summed E-state index contributed by atoms with van der Waals surface area (Å²) in [7, 11) is 0. The Morgan fingerprint density at radius 3 is 2.76 bits per heavy atom. The molecule has 4 aromatic rings. The Kier molecular flexibility index (Phi) is 3.99. The van der Waals surface area contributed by atoms with E-state index in [-0.39, 0.29) is 11.2 Å². The van der Waals surface area contributed by atoms with Crippen LogP contribution in [-0.2, 0) is 6.42 Å². The minimum absolute atomic E-state index is 0.0862. The number of anilines is 2. The zero-order valence-corrected chi connectivity index (χ0v) is 16.9. The van der Waals surface area contributed by atoms with Gasteiger partial charge in [-0.25, -0.2) is 9.67 Å². The molecule has 29 heavy (non-hydrogen) atoms. The molecule has 0 spiro atoms. The second-order valence-corrected chi connectivity index (χ2v) is 8.67. The first-order chi connectivity index (χ1) is 13.9. The van der Waals surface area contributed by atoms with Crippen LogP contribution in [0.5, 0.6) is 0 Å². The fourth-order valence-corrected chi connectivity index (χ4v) is 4.14. The lowest BCUT2D eigenvalue weighted by Crippen LogP contribution is -2.28. The molecule has 2 heterocycles. The summed E-state index contributed by atoms with van der Waals surface area (Å²) >= 11 is 6.12. The molecule has 0 atom stereocenters. The number of ketones is 1. The third kappa shape index (κ3) is 3.19. The highest BCUT2D eigenvalue weighted by molar-refractivity contribution is 6.30. The van der Waals surface area contributed by atoms with Crippen molar-refractivity contribution in [2.75, 3.05) is 5.32 Å². The second-order valence-electron chi connectivity index (χ2n) is 8.24. The third-order valence-corrected chi connectivity index (χ3v) is 5.44. The number of H-pyrrole nitrogens is 1. The largest absolute Gasteiger partial charge is 0.338 e. The van der Waals surface area contributed by atoms with E-state index in [1.165, 1.54) is 0 Å². The van der Waals surface area contributed by atoms with Gasteiger partial charge in [-0.15, -0.1) is 5.10 Å². The summed E-state index contributed by atoms with van der Waals surface area (Å²) in [5, 5.41) is 8.64. The molecule has 0 radical (unpaired) electrons. The Hall–Kier alpha value is -3.12. The minimum Gasteiger partial charge on any atom is -0.338 e. The molecule has 5 rings (SSSR count). The molecule has 6 nitrogen and oxygen atoms in total. The van der Waals surface area contributed by atoms with Crippen LogP contribution in [0.2, 0.25) is 5.02 Å². The van der Waals surface area contributed by atoms with Crippen molar-refractivity contribution >= 4 is 39.9 Å². The van der Waals surface area contributed by atoms with Crippen LogP contribution in [0.1, 0.15) is 36.3 Å². The number of halogens is 1. The predicted molar refractivity (Wildman–Crippen MR) is 114 cm³/mol. The standard InChI is InChI=1S/C22H20ClN5O/c1-22(2)11-17-19(18(29)12-22)20(24-14-7-5-6-13(23)10-14)27-28(17)21-25-15-8-3-4-9-16(15)26-21/h3-10H,11-12H2,1-2H3,(H,24,27)(H,25,26). The fraction of sp³-hybridized carbons (Fsp3) is 0.227. The molecule has 2 aromatic carbocycles. The normalized spacial score (nSPS) is 15.5. The van der Waals surface area contributed by atoms with E-state index in [9.17, 15) is 4.79 Å². The van der Waals surface area contributed by atoms with E-state index in [1.54, 1.807) is 4.68 Å². The Morgan fingerprint density at radius 1 is 1.14 bits per heavy atom. The molecule has 2 N–H and O–H groups in total. The predicted octanol–water partition coefficient (Wildman–Crippen LogP) is 5.30. The number of hydrogen-bond donors (Lipinski definition) is 2. The molecule has 0 amide bonds. The molecule has 7 heteroatoms. The molecule has 0 unspecified atom stereocenters. The number of nitrogens with one attached hydrogen (secondary N) is 2. The van der Waals surface area contributed by atoms with Gasteiger partial charge < -0.3 is 10.3 Å². The number of aromatic amines is 1. The SMILES string of the molecule is CC1(C)CC(=O)c2c(Nc3cccc(Cl)c3)nn(-c3nc4ccccc4[nH]3)c2C1. The average Bonchev–Trinajstić information content (AvgIpc) is 3.22. The topological polar surface area (TPSA) is 75.6 Å². The van der Waals surface area contributed by atoms with Gasteiger partial charge >= 0.3 is 0 Å². The summed E-state index contributed by atoms with van der Waals surface area (Å²) in [6.07, 6.45) is 1.21. The zero-order chi connectivity index (χ0) is 20.2. The van der Waals surface area contributed by atoms with Gasteiger partial charge in [-0.05, 0) is 42.2 Å². The molecule has 2 aromatic heterocycles. The average molecular weight is 406 g/mol. The lowest BCUT2D eigenvalue weighted by Gasteiger charge is -2.28. The summed E-state index contributed by atoms with van der Waals surface area (Å²) in [6.45, 7) is 4.21. The summed E-state index contributed by atoms with van der Waals surface area (Å²) in [4.78, 5) is 21.0. The molecule has 1 aliphatic carbocycles. The van der Waals surface area contributed by atoms with E-state index in [1.807, 2.05) is 48.5 Å². The van der Waals surface area contributed by atoms with Crippen molar-refractivity contribution in [2.45, 2.75) is 26.7 Å². The molecule has 0 fully saturated rings. The molecule has 0 saturated carbocycles. The first kappa shape index (κ1) is 17.9. The van der Waals surface area contributed by atoms with E-state index in [4.69, 9.17) is 16.7 Å². The van der Waals surface area contributed by atoms with Crippen LogP contribution in [0.4, 0.5) is 11.5 Å². The van der Waals surface area contributed by atoms with Crippen molar-refractivity contribution in [2.24, 2.45) is 5.41 Å². The summed E-state index contributed by atoms with van der Waals surface area (Å²) in [5.74, 6) is 1.22. The smallest absolute Gasteiger partial charge is 0.229 e. The van der Waals surface area contributed by atoms with E-state index in [0.717, 1.165) is 28.8 Å². The molecule has 0 saturated heterocycles. The van der Waals surface area contributed by atoms with Crippen molar-refractivity contribution in [3.63, 3.8) is 0 Å². The Balaban J connectivity index is 1.67. The molecule has 1 aliphatic rings. The van der Waals surface area contributed by atoms with Crippen molar-refractivity contribution in [3.05, 3.63) is 64.8 Å². The first-order valence-electron chi connectivity index (χ1n) is 9.52. The number of fused-ring (bicyclic) bond motifs is 2. The molecule has 0 bridgehead atoms. The number of rotatable bonds is 3. The van der Waals surface area contributed by atoms with Crippen molar-refractivity contribution < 1.29 is 4.79 Å². The molecule has 0 aliphatic heterocycles. The van der Waals surface area contributed by atoms with Gasteiger partial charge in [-0.3, -0.25) is 4.79 Å². The number of benzene rings is 2. The van der Waals surface area contributed by atoms with E-state index < -0.39 is 0 Å². The van der Waals surface area contributed by atoms with Crippen LogP contribution >= 0.6 is 11.6 Å². The number of carbonyl (C=O) groups excluding carboxylic acids is 1. The first-order valence-corrected chi connectivity index (χ1v) is 9.90. The fourth-order valence-electron chi connectivity index (χ4n) is 3.95. The van der Waals surface area contributed by atoms with Gasteiger partial charge in [-0.2, -0.15) is 0 Å². The van der Waals surface area contributed by atoms with Crippen molar-refractivity contribution in [3.8, 4) is 5.95 Å². The third-order valence-electron chi connectivity index (χ3n) is 5.21. The van der Waals surface area contributed by atoms with Crippen LogP contribution in [0.15, 0.2) is 48.5 Å². The number of imidazole rings is 1. The summed E-state index contributed by atoms with van der Waals surface area (Å²) in [5.41, 5.74) is 3.93. The van der Waals surface area contributed by atoms with Gasteiger partial charge in [0.1, 0.15) is 0 Å². The maximum Gasteiger partial charge on any atom is 0.229 e. The van der Waals surface area contributed by atoms with E-state index in [0.29, 0.717) is 28.8 Å². The Bertz CT molecular complexity index is 1220. The second kappa shape index (κ2) is 6.46. The number of hydrogen-bond acceptors (Lipinski definition) is 4. The van der Waals surface area contributed by atoms with E-state index in [2.05, 4.69) is 29.1 Å². The van der Waals surface area contributed by atoms with Crippen LogP contribution < -0.4 is 5.32 Å². The highest BCUT2D eigenvalue weighted by Crippen LogP contribution is 2.39. The Morgan fingerprint density at radius 2 is 1.97 bits per heavy atom. The number of carbonyl (C=O) groups is 1. The summed E-state index contributed by atoms with van der Waals surface area (Å²) in [6, 6.07) is 15.2. The van der Waals surface area contributed by atoms with Gasteiger partial charge in [0.2, 0.25) is 5.95 Å². The zero-order valence-electron chi connectivity index (χ0n) is 16.2. The molecular weight excluding hydrogens is 386 g/mol. The lowest BCUT2D eigenvalue weighted by atomic mass is 9.76. The van der Waals surface area contributed by atoms with Gasteiger partial charge in [0.15, 0.2) is 11.6 Å². The Labute approximate surface area is 172 Å². The highest BCUT2D eigenvalue weighted by Gasteiger charge is 2.37. The van der Waals surface area contributed by atoms with Crippen LogP contribution in [0.25, 0.3) is 17.0 Å². The maximum atomic E-state index is 13.0. The lowest BCUT2D eigenvalue weighted by molar-refractivity contribution is 0.0912. The molecular formula is C22H20ClN5O. The summed E-state index contributed by atoms with van der Waals surface area (Å²) < 4.78 is 1.76. The molecule has 146 valence electrons. The minimum atomic E-state index is -0.138. The quantitative estimate of drug-likeness (QED) is 0.485.